The molecule has 0 saturated heterocycles. The molecule has 0 aliphatic carbocycles. The van der Waals surface area contributed by atoms with Gasteiger partial charge in [0.1, 0.15) is 0 Å². The number of aliphatic hydroxyl groups is 1. The third-order valence-electron chi connectivity index (χ3n) is 2.58. The van der Waals surface area contributed by atoms with E-state index in [0.717, 1.165) is 22.9 Å². The van der Waals surface area contributed by atoms with Crippen molar-refractivity contribution in [2.45, 2.75) is 17.7 Å². The van der Waals surface area contributed by atoms with Crippen LogP contribution in [0.4, 0.5) is 0 Å². The third-order valence-corrected chi connectivity index (χ3v) is 3.68. The number of hydrogen-bond donors (Lipinski definition) is 1. The SMILES string of the molecule is Cn1ccnc1SCC[C@H](O)c1ccccc1. The summed E-state index contributed by atoms with van der Waals surface area (Å²) in [5.41, 5.74) is 0.980. The van der Waals surface area contributed by atoms with Crippen molar-refractivity contribution in [3.63, 3.8) is 0 Å². The van der Waals surface area contributed by atoms with Gasteiger partial charge < -0.3 is 9.67 Å². The molecule has 3 nitrogen and oxygen atoms in total. The van der Waals surface area contributed by atoms with Gasteiger partial charge in [-0.05, 0) is 12.0 Å². The molecule has 1 heterocycles. The highest BCUT2D eigenvalue weighted by atomic mass is 32.2. The van der Waals surface area contributed by atoms with Gasteiger partial charge in [-0.3, -0.25) is 0 Å². The molecule has 0 radical (unpaired) electrons. The van der Waals surface area contributed by atoms with Gasteiger partial charge in [-0.2, -0.15) is 0 Å². The van der Waals surface area contributed by atoms with Crippen molar-refractivity contribution in [3.05, 3.63) is 48.3 Å². The predicted molar refractivity (Wildman–Crippen MR) is 70.0 cm³/mol. The van der Waals surface area contributed by atoms with E-state index in [1.54, 1.807) is 18.0 Å². The molecule has 0 aliphatic rings. The van der Waals surface area contributed by atoms with Gasteiger partial charge in [-0.15, -0.1) is 0 Å². The number of benzene rings is 1. The van der Waals surface area contributed by atoms with Crippen molar-refractivity contribution >= 4 is 11.8 Å². The molecule has 1 atom stereocenters. The Balaban J connectivity index is 1.81. The Morgan fingerprint density at radius 2 is 2.12 bits per heavy atom. The molecule has 0 aliphatic heterocycles. The summed E-state index contributed by atoms with van der Waals surface area (Å²) in [5, 5.41) is 11.0. The lowest BCUT2D eigenvalue weighted by Crippen LogP contribution is -1.99. The van der Waals surface area contributed by atoms with E-state index in [9.17, 15) is 5.11 Å². The van der Waals surface area contributed by atoms with E-state index in [1.807, 2.05) is 48.1 Å². The number of imidazole rings is 1. The molecule has 2 rings (SSSR count). The van der Waals surface area contributed by atoms with Crippen LogP contribution in [0.25, 0.3) is 0 Å². The summed E-state index contributed by atoms with van der Waals surface area (Å²) >= 11 is 1.67. The highest BCUT2D eigenvalue weighted by Gasteiger charge is 2.07. The molecule has 0 fully saturated rings. The minimum absolute atomic E-state index is 0.385. The number of hydrogen-bond acceptors (Lipinski definition) is 3. The first-order valence-electron chi connectivity index (χ1n) is 5.60. The Kier molecular flexibility index (Phi) is 4.23. The zero-order valence-corrected chi connectivity index (χ0v) is 10.6. The average molecular weight is 248 g/mol. The van der Waals surface area contributed by atoms with Gasteiger partial charge in [0.25, 0.3) is 0 Å². The van der Waals surface area contributed by atoms with Crippen molar-refractivity contribution in [2.75, 3.05) is 5.75 Å². The maximum Gasteiger partial charge on any atom is 0.167 e. The predicted octanol–water partition coefficient (Wildman–Crippen LogP) is 2.64. The van der Waals surface area contributed by atoms with Gasteiger partial charge in [-0.1, -0.05) is 42.1 Å². The first-order chi connectivity index (χ1) is 8.27. The standard InChI is InChI=1S/C13H16N2OS/c1-15-9-8-14-13(15)17-10-7-12(16)11-5-3-2-4-6-11/h2-6,8-9,12,16H,7,10H2,1H3/t12-/m0/s1. The van der Waals surface area contributed by atoms with Crippen LogP contribution in [-0.4, -0.2) is 20.4 Å². The Hall–Kier alpha value is -1.26. The van der Waals surface area contributed by atoms with Crippen LogP contribution in [-0.2, 0) is 7.05 Å². The highest BCUT2D eigenvalue weighted by molar-refractivity contribution is 7.99. The normalized spacial score (nSPS) is 12.6. The molecule has 2 aromatic rings. The highest BCUT2D eigenvalue weighted by Crippen LogP contribution is 2.22. The second kappa shape index (κ2) is 5.89. The lowest BCUT2D eigenvalue weighted by molar-refractivity contribution is 0.175. The number of aryl methyl sites for hydroxylation is 1. The van der Waals surface area contributed by atoms with E-state index in [-0.39, 0.29) is 6.10 Å². The Bertz CT molecular complexity index is 455. The summed E-state index contributed by atoms with van der Waals surface area (Å²) in [6.07, 6.45) is 4.07. The zero-order chi connectivity index (χ0) is 12.1. The molecular formula is C13H16N2OS. The van der Waals surface area contributed by atoms with Crippen molar-refractivity contribution in [2.24, 2.45) is 7.05 Å². The number of aromatic nitrogens is 2. The molecule has 90 valence electrons. The Morgan fingerprint density at radius 3 is 2.76 bits per heavy atom. The summed E-state index contributed by atoms with van der Waals surface area (Å²) in [4.78, 5) is 4.23. The molecule has 1 N–H and O–H groups in total. The molecule has 4 heteroatoms. The van der Waals surface area contributed by atoms with Crippen molar-refractivity contribution < 1.29 is 5.11 Å². The van der Waals surface area contributed by atoms with E-state index in [0.29, 0.717) is 0 Å². The van der Waals surface area contributed by atoms with Crippen molar-refractivity contribution in [1.29, 1.82) is 0 Å². The summed E-state index contributed by atoms with van der Waals surface area (Å²) in [6.45, 7) is 0. The van der Waals surface area contributed by atoms with Crippen LogP contribution in [0.5, 0.6) is 0 Å². The molecular weight excluding hydrogens is 232 g/mol. The third kappa shape index (κ3) is 3.35. The Morgan fingerprint density at radius 1 is 1.35 bits per heavy atom. The van der Waals surface area contributed by atoms with Crippen molar-refractivity contribution in [1.82, 2.24) is 9.55 Å². The fourth-order valence-corrected chi connectivity index (χ4v) is 2.52. The summed E-state index contributed by atoms with van der Waals surface area (Å²) in [7, 11) is 1.98. The van der Waals surface area contributed by atoms with Gasteiger partial charge in [0, 0.05) is 25.2 Å². The molecule has 0 spiro atoms. The Labute approximate surface area is 106 Å². The second-order valence-corrected chi connectivity index (χ2v) is 4.95. The maximum atomic E-state index is 9.98. The maximum absolute atomic E-state index is 9.98. The minimum Gasteiger partial charge on any atom is -0.388 e. The van der Waals surface area contributed by atoms with Gasteiger partial charge in [-0.25, -0.2) is 4.98 Å². The van der Waals surface area contributed by atoms with Crippen LogP contribution in [0.3, 0.4) is 0 Å². The largest absolute Gasteiger partial charge is 0.388 e. The quantitative estimate of drug-likeness (QED) is 0.827. The molecule has 0 saturated carbocycles. The number of nitrogens with zero attached hydrogens (tertiary/aromatic N) is 2. The zero-order valence-electron chi connectivity index (χ0n) is 9.78. The summed E-state index contributed by atoms with van der Waals surface area (Å²) < 4.78 is 1.99. The van der Waals surface area contributed by atoms with Crippen LogP contribution in [0.15, 0.2) is 47.9 Å². The summed E-state index contributed by atoms with van der Waals surface area (Å²) in [6, 6.07) is 9.76. The summed E-state index contributed by atoms with van der Waals surface area (Å²) in [5.74, 6) is 0.862. The lowest BCUT2D eigenvalue weighted by Gasteiger charge is -2.10. The van der Waals surface area contributed by atoms with Crippen LogP contribution in [0, 0.1) is 0 Å². The van der Waals surface area contributed by atoms with Crippen LogP contribution in [0.2, 0.25) is 0 Å². The fraction of sp³-hybridized carbons (Fsp3) is 0.308. The molecule has 0 unspecified atom stereocenters. The van der Waals surface area contributed by atoms with Crippen molar-refractivity contribution in [3.8, 4) is 0 Å². The van der Waals surface area contributed by atoms with Gasteiger partial charge in [0.15, 0.2) is 5.16 Å². The molecule has 0 amide bonds. The molecule has 1 aromatic heterocycles. The van der Waals surface area contributed by atoms with Crippen LogP contribution < -0.4 is 0 Å². The monoisotopic (exact) mass is 248 g/mol. The van der Waals surface area contributed by atoms with E-state index < -0.39 is 0 Å². The van der Waals surface area contributed by atoms with E-state index in [1.165, 1.54) is 0 Å². The molecule has 1 aromatic carbocycles. The van der Waals surface area contributed by atoms with Gasteiger partial charge in [0.05, 0.1) is 6.10 Å². The second-order valence-electron chi connectivity index (χ2n) is 3.88. The first kappa shape index (κ1) is 12.2. The van der Waals surface area contributed by atoms with Crippen LogP contribution in [0.1, 0.15) is 18.1 Å². The average Bonchev–Trinajstić information content (AvgIpc) is 2.76. The van der Waals surface area contributed by atoms with E-state index >= 15 is 0 Å². The first-order valence-corrected chi connectivity index (χ1v) is 6.59. The number of rotatable bonds is 5. The van der Waals surface area contributed by atoms with Gasteiger partial charge in [0.2, 0.25) is 0 Å². The van der Waals surface area contributed by atoms with E-state index in [2.05, 4.69) is 4.98 Å². The van der Waals surface area contributed by atoms with Crippen LogP contribution >= 0.6 is 11.8 Å². The number of thioether (sulfide) groups is 1. The fourth-order valence-electron chi connectivity index (χ4n) is 1.59. The minimum atomic E-state index is -0.385. The topological polar surface area (TPSA) is 38.0 Å². The molecule has 17 heavy (non-hydrogen) atoms. The molecule has 0 bridgehead atoms. The van der Waals surface area contributed by atoms with Gasteiger partial charge >= 0.3 is 0 Å². The van der Waals surface area contributed by atoms with E-state index in [4.69, 9.17) is 0 Å². The smallest absolute Gasteiger partial charge is 0.167 e. The lowest BCUT2D eigenvalue weighted by atomic mass is 10.1. The number of aliphatic hydroxyl groups excluding tert-OH is 1.